The average Bonchev–Trinajstić information content (AvgIpc) is 2.18. The molecule has 0 saturated heterocycles. The highest BCUT2D eigenvalue weighted by atomic mass is 127. The maximum atomic E-state index is 3.40. The lowest BCUT2D eigenvalue weighted by molar-refractivity contribution is 0.465. The van der Waals surface area contributed by atoms with Crippen LogP contribution in [0.1, 0.15) is 38.3 Å². The molecule has 0 radical (unpaired) electrons. The van der Waals surface area contributed by atoms with E-state index in [4.69, 9.17) is 0 Å². The van der Waals surface area contributed by atoms with Crippen molar-refractivity contribution in [2.75, 3.05) is 7.05 Å². The topological polar surface area (TPSA) is 12.0 Å². The Labute approximate surface area is 107 Å². The zero-order valence-corrected chi connectivity index (χ0v) is 11.9. The van der Waals surface area contributed by atoms with Crippen molar-refractivity contribution in [1.82, 2.24) is 5.32 Å². The predicted molar refractivity (Wildman–Crippen MR) is 75.0 cm³/mol. The average molecular weight is 317 g/mol. The summed E-state index contributed by atoms with van der Waals surface area (Å²) in [4.78, 5) is 0. The Morgan fingerprint density at radius 2 is 2.00 bits per heavy atom. The summed E-state index contributed by atoms with van der Waals surface area (Å²) in [5.41, 5.74) is 1.41. The van der Waals surface area contributed by atoms with Crippen molar-refractivity contribution < 1.29 is 0 Å². The maximum Gasteiger partial charge on any atom is 0.0317 e. The van der Waals surface area contributed by atoms with Gasteiger partial charge in [-0.25, -0.2) is 0 Å². The smallest absolute Gasteiger partial charge is 0.0317 e. The summed E-state index contributed by atoms with van der Waals surface area (Å²) in [6, 6.07) is 9.25. The van der Waals surface area contributed by atoms with E-state index in [-0.39, 0.29) is 0 Å². The Hall–Kier alpha value is -0.0900. The van der Waals surface area contributed by atoms with Gasteiger partial charge in [-0.1, -0.05) is 26.0 Å². The molecule has 0 aliphatic carbocycles. The van der Waals surface area contributed by atoms with Crippen molar-refractivity contribution in [1.29, 1.82) is 0 Å². The number of hydrogen-bond acceptors (Lipinski definition) is 1. The van der Waals surface area contributed by atoms with E-state index in [1.807, 2.05) is 7.05 Å². The first-order valence-electron chi connectivity index (χ1n) is 5.56. The lowest BCUT2D eigenvalue weighted by atomic mass is 9.98. The summed E-state index contributed by atoms with van der Waals surface area (Å²) in [6.45, 7) is 4.56. The van der Waals surface area contributed by atoms with Gasteiger partial charge in [0.05, 0.1) is 0 Å². The Morgan fingerprint density at radius 1 is 1.27 bits per heavy atom. The number of halogens is 1. The number of hydrogen-bond donors (Lipinski definition) is 1. The zero-order valence-electron chi connectivity index (χ0n) is 9.76. The molecule has 1 aromatic carbocycles. The van der Waals surface area contributed by atoms with Gasteiger partial charge >= 0.3 is 0 Å². The molecule has 1 N–H and O–H groups in total. The van der Waals surface area contributed by atoms with Gasteiger partial charge in [-0.15, -0.1) is 0 Å². The van der Waals surface area contributed by atoms with Crippen LogP contribution in [-0.2, 0) is 0 Å². The fraction of sp³-hybridized carbons (Fsp3) is 0.538. The first-order valence-corrected chi connectivity index (χ1v) is 6.64. The quantitative estimate of drug-likeness (QED) is 0.810. The molecule has 0 aromatic heterocycles. The van der Waals surface area contributed by atoms with E-state index in [1.54, 1.807) is 0 Å². The Bertz CT molecular complexity index is 296. The van der Waals surface area contributed by atoms with Crippen molar-refractivity contribution in [3.8, 4) is 0 Å². The fourth-order valence-electron chi connectivity index (χ4n) is 1.70. The van der Waals surface area contributed by atoms with Gasteiger partial charge in [0.1, 0.15) is 0 Å². The van der Waals surface area contributed by atoms with Crippen LogP contribution in [0.2, 0.25) is 0 Å². The third-order valence-electron chi connectivity index (χ3n) is 2.63. The molecule has 15 heavy (non-hydrogen) atoms. The summed E-state index contributed by atoms with van der Waals surface area (Å²) < 4.78 is 1.31. The summed E-state index contributed by atoms with van der Waals surface area (Å²) in [5.74, 6) is 0.781. The highest BCUT2D eigenvalue weighted by molar-refractivity contribution is 14.1. The molecule has 0 aliphatic heterocycles. The largest absolute Gasteiger partial charge is 0.313 e. The van der Waals surface area contributed by atoms with E-state index in [9.17, 15) is 0 Å². The van der Waals surface area contributed by atoms with Gasteiger partial charge in [-0.2, -0.15) is 0 Å². The van der Waals surface area contributed by atoms with Gasteiger partial charge in [0.15, 0.2) is 0 Å². The first-order chi connectivity index (χ1) is 7.13. The zero-order chi connectivity index (χ0) is 11.3. The Kier molecular flexibility index (Phi) is 5.61. The lowest BCUT2D eigenvalue weighted by Gasteiger charge is -2.18. The molecular weight excluding hydrogens is 297 g/mol. The van der Waals surface area contributed by atoms with Gasteiger partial charge in [-0.3, -0.25) is 0 Å². The Morgan fingerprint density at radius 3 is 2.53 bits per heavy atom. The molecule has 1 aromatic rings. The van der Waals surface area contributed by atoms with Crippen LogP contribution in [0.5, 0.6) is 0 Å². The molecule has 0 fully saturated rings. The van der Waals surface area contributed by atoms with Crippen LogP contribution in [0.4, 0.5) is 0 Å². The van der Waals surface area contributed by atoms with Crippen molar-refractivity contribution in [3.05, 3.63) is 33.4 Å². The Balaban J connectivity index is 2.65. The maximum absolute atomic E-state index is 3.40. The molecule has 0 amide bonds. The minimum atomic E-state index is 0.502. The van der Waals surface area contributed by atoms with E-state index in [2.05, 4.69) is 66.0 Å². The predicted octanol–water partition coefficient (Wildman–Crippen LogP) is 3.99. The summed E-state index contributed by atoms with van der Waals surface area (Å²) in [5, 5.41) is 3.40. The van der Waals surface area contributed by atoms with Gasteiger partial charge in [0, 0.05) is 9.61 Å². The van der Waals surface area contributed by atoms with E-state index in [0.717, 1.165) is 5.92 Å². The van der Waals surface area contributed by atoms with Gasteiger partial charge < -0.3 is 5.32 Å². The van der Waals surface area contributed by atoms with E-state index in [0.29, 0.717) is 6.04 Å². The molecule has 1 unspecified atom stereocenters. The third kappa shape index (κ3) is 4.51. The highest BCUT2D eigenvalue weighted by Crippen LogP contribution is 2.21. The monoisotopic (exact) mass is 317 g/mol. The lowest BCUT2D eigenvalue weighted by Crippen LogP contribution is -2.17. The van der Waals surface area contributed by atoms with Gasteiger partial charge in [0.25, 0.3) is 0 Å². The van der Waals surface area contributed by atoms with Crippen molar-refractivity contribution >= 4 is 22.6 Å². The normalized spacial score (nSPS) is 13.1. The van der Waals surface area contributed by atoms with Crippen LogP contribution in [0.15, 0.2) is 24.3 Å². The van der Waals surface area contributed by atoms with Crippen LogP contribution in [0.3, 0.4) is 0 Å². The summed E-state index contributed by atoms with van der Waals surface area (Å²) in [6.07, 6.45) is 2.49. The second-order valence-corrected chi connectivity index (χ2v) is 5.61. The molecule has 1 atom stereocenters. The fourth-order valence-corrected chi connectivity index (χ4v) is 2.27. The van der Waals surface area contributed by atoms with Crippen LogP contribution in [0.25, 0.3) is 0 Å². The van der Waals surface area contributed by atoms with Crippen LogP contribution < -0.4 is 5.32 Å². The number of nitrogens with one attached hydrogen (secondary N) is 1. The second kappa shape index (κ2) is 6.48. The van der Waals surface area contributed by atoms with E-state index in [1.165, 1.54) is 22.0 Å². The van der Waals surface area contributed by atoms with E-state index >= 15 is 0 Å². The minimum Gasteiger partial charge on any atom is -0.313 e. The third-order valence-corrected chi connectivity index (χ3v) is 3.30. The molecule has 0 saturated carbocycles. The minimum absolute atomic E-state index is 0.502. The standard InChI is InChI=1S/C13H20IN/c1-10(2)7-8-13(15-3)11-5-4-6-12(14)9-11/h4-6,9-10,13,15H,7-8H2,1-3H3. The first kappa shape index (κ1) is 13.0. The van der Waals surface area contributed by atoms with Gasteiger partial charge in [-0.05, 0) is 66.1 Å². The molecule has 1 rings (SSSR count). The van der Waals surface area contributed by atoms with E-state index < -0.39 is 0 Å². The molecule has 0 spiro atoms. The highest BCUT2D eigenvalue weighted by Gasteiger charge is 2.09. The molecule has 2 heteroatoms. The molecule has 0 heterocycles. The molecule has 0 aliphatic rings. The van der Waals surface area contributed by atoms with Crippen molar-refractivity contribution in [3.63, 3.8) is 0 Å². The van der Waals surface area contributed by atoms with Crippen LogP contribution >= 0.6 is 22.6 Å². The van der Waals surface area contributed by atoms with Crippen molar-refractivity contribution in [2.24, 2.45) is 5.92 Å². The number of benzene rings is 1. The molecule has 1 nitrogen and oxygen atoms in total. The molecular formula is C13H20IN. The SMILES string of the molecule is CNC(CCC(C)C)c1cccc(I)c1. The summed E-state index contributed by atoms with van der Waals surface area (Å²) >= 11 is 2.37. The summed E-state index contributed by atoms with van der Waals surface area (Å²) in [7, 11) is 2.05. The van der Waals surface area contributed by atoms with Crippen molar-refractivity contribution in [2.45, 2.75) is 32.7 Å². The van der Waals surface area contributed by atoms with Gasteiger partial charge in [0.2, 0.25) is 0 Å². The number of rotatable bonds is 5. The van der Waals surface area contributed by atoms with Crippen LogP contribution in [0, 0.1) is 9.49 Å². The second-order valence-electron chi connectivity index (χ2n) is 4.37. The molecule has 0 bridgehead atoms. The molecule has 84 valence electrons. The van der Waals surface area contributed by atoms with Crippen LogP contribution in [-0.4, -0.2) is 7.05 Å².